The van der Waals surface area contributed by atoms with Crippen LogP contribution in [0.25, 0.3) is 11.2 Å². The van der Waals surface area contributed by atoms with Crippen molar-refractivity contribution >= 4 is 11.2 Å². The predicted octanol–water partition coefficient (Wildman–Crippen LogP) is 1.37. The second-order valence-corrected chi connectivity index (χ2v) is 4.00. The number of pyridine rings is 1. The van der Waals surface area contributed by atoms with Gasteiger partial charge in [-0.25, -0.2) is 9.97 Å². The molecular formula is C11H13N3O. The minimum absolute atomic E-state index is 0.651. The summed E-state index contributed by atoms with van der Waals surface area (Å²) in [6.45, 7) is 2.19. The molecule has 1 N–H and O–H groups in total. The van der Waals surface area contributed by atoms with Crippen molar-refractivity contribution in [1.29, 1.82) is 0 Å². The Kier molecular flexibility index (Phi) is 2.14. The number of fused-ring (bicyclic) bond motifs is 1. The normalized spacial score (nSPS) is 21.2. The van der Waals surface area contributed by atoms with Gasteiger partial charge < -0.3 is 9.73 Å². The van der Waals surface area contributed by atoms with E-state index in [9.17, 15) is 0 Å². The number of aromatic nitrogens is 2. The molecule has 1 aliphatic heterocycles. The van der Waals surface area contributed by atoms with Crippen molar-refractivity contribution in [3.8, 4) is 0 Å². The minimum atomic E-state index is 0.651. The highest BCUT2D eigenvalue weighted by Gasteiger charge is 2.17. The molecule has 1 aliphatic rings. The average molecular weight is 203 g/mol. The summed E-state index contributed by atoms with van der Waals surface area (Å²) >= 11 is 0. The molecule has 4 heteroatoms. The second-order valence-electron chi connectivity index (χ2n) is 4.00. The molecule has 2 aromatic heterocycles. The standard InChI is InChI=1S/C11H13N3O/c1-2-9-11(13-4-1)15-10(14-9)6-8-3-5-12-7-8/h1-2,4,8,12H,3,5-7H2. The summed E-state index contributed by atoms with van der Waals surface area (Å²) in [5.41, 5.74) is 1.51. The summed E-state index contributed by atoms with van der Waals surface area (Å²) in [6.07, 6.45) is 3.87. The van der Waals surface area contributed by atoms with Crippen molar-refractivity contribution in [3.05, 3.63) is 24.2 Å². The van der Waals surface area contributed by atoms with Crippen LogP contribution in [0.2, 0.25) is 0 Å². The van der Waals surface area contributed by atoms with Crippen LogP contribution >= 0.6 is 0 Å². The topological polar surface area (TPSA) is 51.0 Å². The maximum absolute atomic E-state index is 5.58. The Bertz CT molecular complexity index is 427. The molecule has 0 aliphatic carbocycles. The summed E-state index contributed by atoms with van der Waals surface area (Å²) in [5.74, 6) is 1.48. The van der Waals surface area contributed by atoms with Crippen molar-refractivity contribution < 1.29 is 4.42 Å². The molecule has 78 valence electrons. The fraction of sp³-hybridized carbons (Fsp3) is 0.455. The van der Waals surface area contributed by atoms with Gasteiger partial charge in [0.15, 0.2) is 5.89 Å². The van der Waals surface area contributed by atoms with Gasteiger partial charge in [0, 0.05) is 12.6 Å². The lowest BCUT2D eigenvalue weighted by Gasteiger charge is -2.02. The van der Waals surface area contributed by atoms with Crippen molar-refractivity contribution in [2.24, 2.45) is 5.92 Å². The van der Waals surface area contributed by atoms with Gasteiger partial charge in [0.25, 0.3) is 0 Å². The number of nitrogens with one attached hydrogen (secondary N) is 1. The van der Waals surface area contributed by atoms with Crippen molar-refractivity contribution in [2.75, 3.05) is 13.1 Å². The first-order valence-electron chi connectivity index (χ1n) is 5.33. The molecule has 0 spiro atoms. The average Bonchev–Trinajstić information content (AvgIpc) is 2.86. The number of oxazole rings is 1. The summed E-state index contributed by atoms with van der Waals surface area (Å²) in [5, 5.41) is 3.34. The van der Waals surface area contributed by atoms with E-state index in [4.69, 9.17) is 4.42 Å². The van der Waals surface area contributed by atoms with E-state index in [1.165, 1.54) is 6.42 Å². The van der Waals surface area contributed by atoms with Crippen LogP contribution in [0.3, 0.4) is 0 Å². The third-order valence-corrected chi connectivity index (χ3v) is 2.84. The van der Waals surface area contributed by atoms with Crippen LogP contribution in [0, 0.1) is 5.92 Å². The Morgan fingerprint density at radius 1 is 1.53 bits per heavy atom. The van der Waals surface area contributed by atoms with Gasteiger partial charge in [-0.1, -0.05) is 0 Å². The van der Waals surface area contributed by atoms with Crippen LogP contribution < -0.4 is 5.32 Å². The Balaban J connectivity index is 1.84. The van der Waals surface area contributed by atoms with Crippen LogP contribution in [0.1, 0.15) is 12.3 Å². The molecule has 1 atom stereocenters. The first-order chi connectivity index (χ1) is 7.42. The third kappa shape index (κ3) is 1.72. The molecule has 3 rings (SSSR count). The van der Waals surface area contributed by atoms with E-state index in [2.05, 4.69) is 15.3 Å². The van der Waals surface area contributed by atoms with Crippen LogP contribution in [-0.2, 0) is 6.42 Å². The van der Waals surface area contributed by atoms with E-state index in [0.29, 0.717) is 11.6 Å². The zero-order chi connectivity index (χ0) is 10.1. The lowest BCUT2D eigenvalue weighted by Crippen LogP contribution is -2.10. The van der Waals surface area contributed by atoms with Gasteiger partial charge in [0.1, 0.15) is 5.52 Å². The molecule has 1 saturated heterocycles. The zero-order valence-electron chi connectivity index (χ0n) is 8.44. The molecule has 0 amide bonds. The van der Waals surface area contributed by atoms with E-state index in [-0.39, 0.29) is 0 Å². The quantitative estimate of drug-likeness (QED) is 0.801. The summed E-state index contributed by atoms with van der Waals surface area (Å²) in [7, 11) is 0. The minimum Gasteiger partial charge on any atom is -0.422 e. The van der Waals surface area contributed by atoms with E-state index >= 15 is 0 Å². The molecule has 3 heterocycles. The molecule has 1 fully saturated rings. The summed E-state index contributed by atoms with van der Waals surface area (Å²) in [6, 6.07) is 3.81. The van der Waals surface area contributed by atoms with Gasteiger partial charge in [0.05, 0.1) is 0 Å². The Labute approximate surface area is 87.7 Å². The molecule has 0 saturated carbocycles. The Morgan fingerprint density at radius 2 is 2.53 bits per heavy atom. The van der Waals surface area contributed by atoms with E-state index in [0.717, 1.165) is 30.9 Å². The molecule has 15 heavy (non-hydrogen) atoms. The highest BCUT2D eigenvalue weighted by atomic mass is 16.4. The van der Waals surface area contributed by atoms with Crippen molar-refractivity contribution in [3.63, 3.8) is 0 Å². The lowest BCUT2D eigenvalue weighted by molar-refractivity contribution is 0.458. The van der Waals surface area contributed by atoms with E-state index < -0.39 is 0 Å². The van der Waals surface area contributed by atoms with Gasteiger partial charge in [-0.05, 0) is 37.6 Å². The maximum atomic E-state index is 5.58. The fourth-order valence-corrected chi connectivity index (χ4v) is 2.04. The molecule has 1 unspecified atom stereocenters. The van der Waals surface area contributed by atoms with Crippen LogP contribution in [-0.4, -0.2) is 23.1 Å². The molecule has 4 nitrogen and oxygen atoms in total. The zero-order valence-corrected chi connectivity index (χ0v) is 8.44. The third-order valence-electron chi connectivity index (χ3n) is 2.84. The second kappa shape index (κ2) is 3.62. The van der Waals surface area contributed by atoms with Gasteiger partial charge in [-0.2, -0.15) is 0 Å². The molecule has 2 aromatic rings. The Morgan fingerprint density at radius 3 is 3.33 bits per heavy atom. The van der Waals surface area contributed by atoms with Gasteiger partial charge in [-0.3, -0.25) is 0 Å². The largest absolute Gasteiger partial charge is 0.422 e. The van der Waals surface area contributed by atoms with Gasteiger partial charge in [-0.15, -0.1) is 0 Å². The first kappa shape index (κ1) is 8.85. The maximum Gasteiger partial charge on any atom is 0.246 e. The monoisotopic (exact) mass is 203 g/mol. The van der Waals surface area contributed by atoms with Crippen molar-refractivity contribution in [2.45, 2.75) is 12.8 Å². The number of hydrogen-bond donors (Lipinski definition) is 1. The van der Waals surface area contributed by atoms with Crippen LogP contribution in [0.5, 0.6) is 0 Å². The molecule has 0 aromatic carbocycles. The van der Waals surface area contributed by atoms with E-state index in [1.807, 2.05) is 12.1 Å². The molecular weight excluding hydrogens is 190 g/mol. The highest BCUT2D eigenvalue weighted by Crippen LogP contribution is 2.18. The van der Waals surface area contributed by atoms with Gasteiger partial charge >= 0.3 is 0 Å². The summed E-state index contributed by atoms with van der Waals surface area (Å²) in [4.78, 5) is 8.55. The smallest absolute Gasteiger partial charge is 0.246 e. The number of rotatable bonds is 2. The molecule has 0 bridgehead atoms. The molecule has 0 radical (unpaired) electrons. The van der Waals surface area contributed by atoms with E-state index in [1.54, 1.807) is 6.20 Å². The predicted molar refractivity (Wildman–Crippen MR) is 56.5 cm³/mol. The van der Waals surface area contributed by atoms with Crippen molar-refractivity contribution in [1.82, 2.24) is 15.3 Å². The highest BCUT2D eigenvalue weighted by molar-refractivity contribution is 5.67. The lowest BCUT2D eigenvalue weighted by atomic mass is 10.1. The summed E-state index contributed by atoms with van der Waals surface area (Å²) < 4.78 is 5.58. The fourth-order valence-electron chi connectivity index (χ4n) is 2.04. The number of hydrogen-bond acceptors (Lipinski definition) is 4. The number of nitrogens with zero attached hydrogens (tertiary/aromatic N) is 2. The van der Waals surface area contributed by atoms with Gasteiger partial charge in [0.2, 0.25) is 5.71 Å². The van der Waals surface area contributed by atoms with Crippen LogP contribution in [0.4, 0.5) is 0 Å². The first-order valence-corrected chi connectivity index (χ1v) is 5.33. The SMILES string of the molecule is c1cnc2oc(CC3CCNC3)nc2c1. The van der Waals surface area contributed by atoms with Crippen LogP contribution in [0.15, 0.2) is 22.7 Å². The Hall–Kier alpha value is -1.42.